The second-order valence-electron chi connectivity index (χ2n) is 3.98. The zero-order chi connectivity index (χ0) is 10.7. The Labute approximate surface area is 94.8 Å². The Kier molecular flexibility index (Phi) is 3.75. The van der Waals surface area contributed by atoms with Gasteiger partial charge >= 0.3 is 0 Å². The lowest BCUT2D eigenvalue weighted by molar-refractivity contribution is -0.0257. The molecule has 2 N–H and O–H groups in total. The second kappa shape index (κ2) is 5.07. The molecule has 2 heterocycles. The van der Waals surface area contributed by atoms with Crippen LogP contribution >= 0.6 is 11.3 Å². The smallest absolute Gasteiger partial charge is 0.0824 e. The van der Waals surface area contributed by atoms with Crippen molar-refractivity contribution >= 4 is 11.3 Å². The minimum Gasteiger partial charge on any atom is -0.374 e. The lowest BCUT2D eigenvalue weighted by Gasteiger charge is -2.31. The van der Waals surface area contributed by atoms with E-state index in [1.165, 1.54) is 9.75 Å². The molecule has 1 fully saturated rings. The maximum atomic E-state index is 5.61. The normalized spacial score (nSPS) is 23.2. The van der Waals surface area contributed by atoms with Gasteiger partial charge in [0.2, 0.25) is 0 Å². The van der Waals surface area contributed by atoms with Crippen molar-refractivity contribution < 1.29 is 4.74 Å². The molecule has 84 valence electrons. The number of rotatable bonds is 3. The van der Waals surface area contributed by atoms with Gasteiger partial charge in [0.25, 0.3) is 0 Å². The molecule has 4 heteroatoms. The van der Waals surface area contributed by atoms with E-state index < -0.39 is 0 Å². The van der Waals surface area contributed by atoms with Crippen LogP contribution in [0.15, 0.2) is 12.1 Å². The molecule has 0 amide bonds. The third-order valence-corrected chi connectivity index (χ3v) is 3.65. The van der Waals surface area contributed by atoms with Crippen LogP contribution in [0.25, 0.3) is 0 Å². The molecule has 0 bridgehead atoms. The van der Waals surface area contributed by atoms with Gasteiger partial charge in [-0.05, 0) is 19.1 Å². The maximum Gasteiger partial charge on any atom is 0.0824 e. The Morgan fingerprint density at radius 1 is 1.60 bits per heavy atom. The summed E-state index contributed by atoms with van der Waals surface area (Å²) >= 11 is 1.88. The SMILES string of the molecule is Cc1ccc(CN2CCOC(CN)C2)s1. The molecule has 1 saturated heterocycles. The van der Waals surface area contributed by atoms with Gasteiger partial charge in [-0.2, -0.15) is 0 Å². The van der Waals surface area contributed by atoms with Gasteiger partial charge in [-0.15, -0.1) is 11.3 Å². The number of nitrogens with zero attached hydrogens (tertiary/aromatic N) is 1. The molecule has 0 radical (unpaired) electrons. The summed E-state index contributed by atoms with van der Waals surface area (Å²) in [6, 6.07) is 4.40. The molecule has 15 heavy (non-hydrogen) atoms. The van der Waals surface area contributed by atoms with Crippen molar-refractivity contribution in [3.05, 3.63) is 21.9 Å². The van der Waals surface area contributed by atoms with E-state index in [2.05, 4.69) is 24.0 Å². The third kappa shape index (κ3) is 3.01. The molecule has 1 atom stereocenters. The summed E-state index contributed by atoms with van der Waals surface area (Å²) in [7, 11) is 0. The molecule has 0 aliphatic carbocycles. The molecule has 1 aromatic heterocycles. The summed E-state index contributed by atoms with van der Waals surface area (Å²) in [5.74, 6) is 0. The summed E-state index contributed by atoms with van der Waals surface area (Å²) < 4.78 is 5.54. The van der Waals surface area contributed by atoms with Crippen molar-refractivity contribution in [2.24, 2.45) is 5.73 Å². The first-order valence-electron chi connectivity index (χ1n) is 5.37. The predicted octanol–water partition coefficient (Wildman–Crippen LogP) is 1.22. The highest BCUT2D eigenvalue weighted by Crippen LogP contribution is 2.18. The highest BCUT2D eigenvalue weighted by Gasteiger charge is 2.19. The maximum absolute atomic E-state index is 5.61. The number of morpholine rings is 1. The van der Waals surface area contributed by atoms with E-state index in [0.29, 0.717) is 6.54 Å². The van der Waals surface area contributed by atoms with E-state index in [-0.39, 0.29) is 6.10 Å². The first kappa shape index (κ1) is 11.1. The van der Waals surface area contributed by atoms with Crippen LogP contribution in [0.4, 0.5) is 0 Å². The third-order valence-electron chi connectivity index (χ3n) is 2.66. The Hall–Kier alpha value is -0.420. The van der Waals surface area contributed by atoms with E-state index in [1.807, 2.05) is 11.3 Å². The predicted molar refractivity (Wildman–Crippen MR) is 63.1 cm³/mol. The van der Waals surface area contributed by atoms with Gasteiger partial charge in [0.15, 0.2) is 0 Å². The first-order chi connectivity index (χ1) is 7.28. The molecular weight excluding hydrogens is 208 g/mol. The number of hydrogen-bond donors (Lipinski definition) is 1. The van der Waals surface area contributed by atoms with Gasteiger partial charge in [-0.3, -0.25) is 4.90 Å². The van der Waals surface area contributed by atoms with Crippen molar-refractivity contribution in [3.8, 4) is 0 Å². The van der Waals surface area contributed by atoms with Gasteiger partial charge in [-0.1, -0.05) is 0 Å². The fourth-order valence-electron chi connectivity index (χ4n) is 1.86. The second-order valence-corrected chi connectivity index (χ2v) is 5.35. The van der Waals surface area contributed by atoms with Crippen molar-refractivity contribution in [3.63, 3.8) is 0 Å². The van der Waals surface area contributed by atoms with Crippen LogP contribution in [0, 0.1) is 6.92 Å². The molecule has 3 nitrogen and oxygen atoms in total. The van der Waals surface area contributed by atoms with Crippen molar-refractivity contribution in [1.29, 1.82) is 0 Å². The average molecular weight is 226 g/mol. The number of thiophene rings is 1. The van der Waals surface area contributed by atoms with Crippen LogP contribution in [0.5, 0.6) is 0 Å². The van der Waals surface area contributed by atoms with E-state index in [4.69, 9.17) is 10.5 Å². The lowest BCUT2D eigenvalue weighted by Crippen LogP contribution is -2.44. The van der Waals surface area contributed by atoms with Gasteiger partial charge in [-0.25, -0.2) is 0 Å². The highest BCUT2D eigenvalue weighted by molar-refractivity contribution is 7.11. The van der Waals surface area contributed by atoms with Crippen LogP contribution in [-0.2, 0) is 11.3 Å². The van der Waals surface area contributed by atoms with Crippen LogP contribution in [0.2, 0.25) is 0 Å². The minimum absolute atomic E-state index is 0.222. The Morgan fingerprint density at radius 3 is 3.13 bits per heavy atom. The molecule has 1 aliphatic heterocycles. The van der Waals surface area contributed by atoms with E-state index >= 15 is 0 Å². The number of aryl methyl sites for hydroxylation is 1. The van der Waals surface area contributed by atoms with Crippen LogP contribution in [0.1, 0.15) is 9.75 Å². The van der Waals surface area contributed by atoms with Crippen molar-refractivity contribution in [2.45, 2.75) is 19.6 Å². The number of nitrogens with two attached hydrogens (primary N) is 1. The number of hydrogen-bond acceptors (Lipinski definition) is 4. The number of ether oxygens (including phenoxy) is 1. The van der Waals surface area contributed by atoms with E-state index in [0.717, 1.165) is 26.2 Å². The monoisotopic (exact) mass is 226 g/mol. The zero-order valence-corrected chi connectivity index (χ0v) is 9.93. The summed E-state index contributed by atoms with van der Waals surface area (Å²) in [5.41, 5.74) is 5.61. The van der Waals surface area contributed by atoms with E-state index in [9.17, 15) is 0 Å². The topological polar surface area (TPSA) is 38.5 Å². The van der Waals surface area contributed by atoms with Crippen LogP contribution in [0.3, 0.4) is 0 Å². The van der Waals surface area contributed by atoms with Crippen LogP contribution < -0.4 is 5.73 Å². The molecule has 1 unspecified atom stereocenters. The van der Waals surface area contributed by atoms with Gasteiger partial charge in [0.05, 0.1) is 12.7 Å². The summed E-state index contributed by atoms with van der Waals surface area (Å²) in [6.07, 6.45) is 0.222. The standard InChI is InChI=1S/C11H18N2OS/c1-9-2-3-11(15-9)8-13-4-5-14-10(6-12)7-13/h2-3,10H,4-8,12H2,1H3. The van der Waals surface area contributed by atoms with Gasteiger partial charge in [0.1, 0.15) is 0 Å². The zero-order valence-electron chi connectivity index (χ0n) is 9.11. The van der Waals surface area contributed by atoms with Crippen molar-refractivity contribution in [2.75, 3.05) is 26.2 Å². The average Bonchev–Trinajstić information content (AvgIpc) is 2.64. The first-order valence-corrected chi connectivity index (χ1v) is 6.19. The quantitative estimate of drug-likeness (QED) is 0.842. The van der Waals surface area contributed by atoms with Crippen LogP contribution in [-0.4, -0.2) is 37.2 Å². The molecular formula is C11H18N2OS. The molecule has 0 aromatic carbocycles. The lowest BCUT2D eigenvalue weighted by atomic mass is 10.2. The summed E-state index contributed by atoms with van der Waals surface area (Å²) in [5, 5.41) is 0. The molecule has 2 rings (SSSR count). The minimum atomic E-state index is 0.222. The van der Waals surface area contributed by atoms with E-state index in [1.54, 1.807) is 0 Å². The Morgan fingerprint density at radius 2 is 2.47 bits per heavy atom. The largest absolute Gasteiger partial charge is 0.374 e. The fourth-order valence-corrected chi connectivity index (χ4v) is 2.79. The Balaban J connectivity index is 1.88. The van der Waals surface area contributed by atoms with Gasteiger partial charge in [0, 0.05) is 35.9 Å². The van der Waals surface area contributed by atoms with Crippen molar-refractivity contribution in [1.82, 2.24) is 4.90 Å². The Bertz CT molecular complexity index is 313. The summed E-state index contributed by atoms with van der Waals surface area (Å²) in [6.45, 7) is 6.61. The van der Waals surface area contributed by atoms with Gasteiger partial charge < -0.3 is 10.5 Å². The molecule has 0 spiro atoms. The highest BCUT2D eigenvalue weighted by atomic mass is 32.1. The summed E-state index contributed by atoms with van der Waals surface area (Å²) in [4.78, 5) is 5.24. The molecule has 0 saturated carbocycles. The molecule has 1 aliphatic rings. The molecule has 1 aromatic rings. The fraction of sp³-hybridized carbons (Fsp3) is 0.636.